The number of halogens is 4. The first kappa shape index (κ1) is 19.5. The highest BCUT2D eigenvalue weighted by Gasteiger charge is 2.31. The van der Waals surface area contributed by atoms with Gasteiger partial charge in [-0.25, -0.2) is 17.7 Å². The minimum absolute atomic E-state index is 0.0291. The van der Waals surface area contributed by atoms with Gasteiger partial charge in [0, 0.05) is 26.8 Å². The molecule has 0 unspecified atom stereocenters. The lowest BCUT2D eigenvalue weighted by Crippen LogP contribution is -2.23. The third kappa shape index (κ3) is 4.42. The number of hydrogen-bond acceptors (Lipinski definition) is 4. The van der Waals surface area contributed by atoms with E-state index in [0.717, 1.165) is 10.4 Å². The highest BCUT2D eigenvalue weighted by molar-refractivity contribution is 7.89. The largest absolute Gasteiger partial charge is 0.417 e. The number of anilines is 1. The topological polar surface area (TPSA) is 62.3 Å². The average Bonchev–Trinajstić information content (AvgIpc) is 2.52. The first-order valence-electron chi connectivity index (χ1n) is 7.00. The van der Waals surface area contributed by atoms with Crippen LogP contribution >= 0.6 is 11.6 Å². The van der Waals surface area contributed by atoms with Crippen molar-refractivity contribution in [2.24, 2.45) is 0 Å². The number of sulfonamides is 1. The third-order valence-electron chi connectivity index (χ3n) is 3.35. The summed E-state index contributed by atoms with van der Waals surface area (Å²) in [7, 11) is -0.836. The van der Waals surface area contributed by atoms with E-state index in [0.29, 0.717) is 11.8 Å². The Morgan fingerprint density at radius 1 is 1.24 bits per heavy atom. The number of pyridine rings is 1. The van der Waals surface area contributed by atoms with Crippen molar-refractivity contribution in [2.75, 3.05) is 19.4 Å². The number of nitrogens with one attached hydrogen (secondary N) is 1. The standard InChI is InChI=1S/C15H15ClF3N3O2S/c1-22(2)25(23,24)13-6-4-3-5-10(13)8-20-14-12(16)7-11(9-21-14)15(17,18)19/h3-7,9H,8H2,1-2H3,(H,20,21). The number of alkyl halides is 3. The average molecular weight is 394 g/mol. The monoisotopic (exact) mass is 393 g/mol. The summed E-state index contributed by atoms with van der Waals surface area (Å²) in [6.07, 6.45) is -3.88. The zero-order valence-corrected chi connectivity index (χ0v) is 14.9. The molecular weight excluding hydrogens is 379 g/mol. The van der Waals surface area contributed by atoms with Crippen molar-refractivity contribution < 1.29 is 21.6 Å². The molecule has 0 aliphatic heterocycles. The van der Waals surface area contributed by atoms with E-state index in [1.54, 1.807) is 18.2 Å². The molecule has 0 amide bonds. The van der Waals surface area contributed by atoms with Gasteiger partial charge >= 0.3 is 6.18 Å². The number of hydrogen-bond donors (Lipinski definition) is 1. The molecule has 25 heavy (non-hydrogen) atoms. The number of aromatic nitrogens is 1. The third-order valence-corrected chi connectivity index (χ3v) is 5.55. The van der Waals surface area contributed by atoms with Crippen molar-refractivity contribution in [2.45, 2.75) is 17.6 Å². The van der Waals surface area contributed by atoms with Crippen LogP contribution < -0.4 is 5.32 Å². The second-order valence-corrected chi connectivity index (χ2v) is 7.83. The second-order valence-electron chi connectivity index (χ2n) is 5.30. The van der Waals surface area contributed by atoms with Crippen LogP contribution in [0.25, 0.3) is 0 Å². The maximum Gasteiger partial charge on any atom is 0.417 e. The van der Waals surface area contributed by atoms with E-state index < -0.39 is 21.8 Å². The molecule has 10 heteroatoms. The van der Waals surface area contributed by atoms with Crippen LogP contribution in [0.15, 0.2) is 41.4 Å². The summed E-state index contributed by atoms with van der Waals surface area (Å²) < 4.78 is 63.6. The maximum atomic E-state index is 12.6. The molecule has 0 spiro atoms. The Bertz CT molecular complexity index is 871. The van der Waals surface area contributed by atoms with E-state index in [2.05, 4.69) is 10.3 Å². The van der Waals surface area contributed by atoms with Crippen molar-refractivity contribution in [3.8, 4) is 0 Å². The Morgan fingerprint density at radius 3 is 2.44 bits per heavy atom. The van der Waals surface area contributed by atoms with Gasteiger partial charge in [-0.2, -0.15) is 13.2 Å². The van der Waals surface area contributed by atoms with Crippen LogP contribution in [0, 0.1) is 0 Å². The van der Waals surface area contributed by atoms with Gasteiger partial charge in [0.1, 0.15) is 5.82 Å². The van der Waals surface area contributed by atoms with Gasteiger partial charge in [-0.1, -0.05) is 29.8 Å². The van der Waals surface area contributed by atoms with Crippen LogP contribution in [-0.2, 0) is 22.7 Å². The molecule has 2 rings (SSSR count). The highest BCUT2D eigenvalue weighted by Crippen LogP contribution is 2.32. The van der Waals surface area contributed by atoms with Gasteiger partial charge in [0.25, 0.3) is 0 Å². The Kier molecular flexibility index (Phi) is 5.60. The van der Waals surface area contributed by atoms with Crippen molar-refractivity contribution in [3.63, 3.8) is 0 Å². The van der Waals surface area contributed by atoms with Crippen molar-refractivity contribution in [3.05, 3.63) is 52.7 Å². The molecule has 1 aromatic carbocycles. The van der Waals surface area contributed by atoms with Gasteiger partial charge < -0.3 is 5.32 Å². The fourth-order valence-electron chi connectivity index (χ4n) is 2.00. The first-order chi connectivity index (χ1) is 11.5. The summed E-state index contributed by atoms with van der Waals surface area (Å²) >= 11 is 5.83. The molecule has 0 saturated carbocycles. The molecule has 0 fully saturated rings. The molecule has 1 heterocycles. The quantitative estimate of drug-likeness (QED) is 0.842. The van der Waals surface area contributed by atoms with Crippen molar-refractivity contribution >= 4 is 27.4 Å². The first-order valence-corrected chi connectivity index (χ1v) is 8.82. The fourth-order valence-corrected chi connectivity index (χ4v) is 3.35. The number of rotatable bonds is 5. The van der Waals surface area contributed by atoms with Crippen LogP contribution in [0.1, 0.15) is 11.1 Å². The summed E-state index contributed by atoms with van der Waals surface area (Å²) in [5, 5.41) is 2.56. The molecular formula is C15H15ClF3N3O2S. The summed E-state index contributed by atoms with van der Waals surface area (Å²) in [4.78, 5) is 3.76. The fraction of sp³-hybridized carbons (Fsp3) is 0.267. The SMILES string of the molecule is CN(C)S(=O)(=O)c1ccccc1CNc1ncc(C(F)(F)F)cc1Cl. The van der Waals surface area contributed by atoms with Crippen molar-refractivity contribution in [1.82, 2.24) is 9.29 Å². The molecule has 136 valence electrons. The lowest BCUT2D eigenvalue weighted by Gasteiger charge is -2.16. The lowest BCUT2D eigenvalue weighted by atomic mass is 10.2. The molecule has 2 aromatic rings. The Balaban J connectivity index is 2.26. The van der Waals surface area contributed by atoms with Gasteiger partial charge in [0.05, 0.1) is 15.5 Å². The second kappa shape index (κ2) is 7.19. The van der Waals surface area contributed by atoms with Crippen LogP contribution in [0.2, 0.25) is 5.02 Å². The highest BCUT2D eigenvalue weighted by atomic mass is 35.5. The molecule has 0 aliphatic rings. The molecule has 1 aromatic heterocycles. The number of benzene rings is 1. The maximum absolute atomic E-state index is 12.6. The van der Waals surface area contributed by atoms with Crippen molar-refractivity contribution in [1.29, 1.82) is 0 Å². The normalized spacial score (nSPS) is 12.4. The molecule has 1 N–H and O–H groups in total. The van der Waals surface area contributed by atoms with Gasteiger partial charge in [-0.15, -0.1) is 0 Å². The van der Waals surface area contributed by atoms with E-state index in [1.165, 1.54) is 20.2 Å². The summed E-state index contributed by atoms with van der Waals surface area (Å²) in [5.74, 6) is 0.0340. The zero-order valence-electron chi connectivity index (χ0n) is 13.3. The smallest absolute Gasteiger partial charge is 0.365 e. The van der Waals surface area contributed by atoms with Gasteiger partial charge in [0.15, 0.2) is 0 Å². The lowest BCUT2D eigenvalue weighted by molar-refractivity contribution is -0.137. The Labute approximate surface area is 148 Å². The summed E-state index contributed by atoms with van der Waals surface area (Å²) in [6.45, 7) is 0.0291. The molecule has 0 radical (unpaired) electrons. The number of nitrogens with zero attached hydrogens (tertiary/aromatic N) is 2. The Hall–Kier alpha value is -1.84. The minimum atomic E-state index is -4.54. The van der Waals surface area contributed by atoms with Gasteiger partial charge in [0.2, 0.25) is 10.0 Å². The van der Waals surface area contributed by atoms with Crippen LogP contribution in [0.3, 0.4) is 0 Å². The van der Waals surface area contributed by atoms with E-state index in [1.807, 2.05) is 0 Å². The van der Waals surface area contributed by atoms with Crippen LogP contribution in [-0.4, -0.2) is 31.8 Å². The van der Waals surface area contributed by atoms with Crippen LogP contribution in [0.5, 0.6) is 0 Å². The molecule has 5 nitrogen and oxygen atoms in total. The molecule has 0 saturated heterocycles. The molecule has 0 atom stereocenters. The van der Waals surface area contributed by atoms with Crippen LogP contribution in [0.4, 0.5) is 19.0 Å². The van der Waals surface area contributed by atoms with E-state index in [4.69, 9.17) is 11.6 Å². The van der Waals surface area contributed by atoms with E-state index >= 15 is 0 Å². The zero-order chi connectivity index (χ0) is 18.8. The van der Waals surface area contributed by atoms with E-state index in [9.17, 15) is 21.6 Å². The van der Waals surface area contributed by atoms with Gasteiger partial charge in [-0.3, -0.25) is 0 Å². The summed E-state index contributed by atoms with van der Waals surface area (Å²) in [6, 6.07) is 7.06. The predicted molar refractivity (Wildman–Crippen MR) is 88.9 cm³/mol. The molecule has 0 aliphatic carbocycles. The predicted octanol–water partition coefficient (Wildman–Crippen LogP) is 3.62. The van der Waals surface area contributed by atoms with E-state index in [-0.39, 0.29) is 22.3 Å². The Morgan fingerprint density at radius 2 is 1.88 bits per heavy atom. The molecule has 0 bridgehead atoms. The van der Waals surface area contributed by atoms with Gasteiger partial charge in [-0.05, 0) is 17.7 Å². The summed E-state index contributed by atoms with van der Waals surface area (Å²) in [5.41, 5.74) is -0.521. The minimum Gasteiger partial charge on any atom is -0.365 e.